The number of hydrogen-bond donors (Lipinski definition) is 1. The van der Waals surface area contributed by atoms with Crippen molar-refractivity contribution in [2.45, 2.75) is 33.6 Å². The summed E-state index contributed by atoms with van der Waals surface area (Å²) in [6.07, 6.45) is 3.29. The van der Waals surface area contributed by atoms with Crippen molar-refractivity contribution >= 4 is 45.5 Å². The van der Waals surface area contributed by atoms with Crippen LogP contribution < -0.4 is 14.8 Å². The maximum absolute atomic E-state index is 12.2. The van der Waals surface area contributed by atoms with Gasteiger partial charge in [-0.05, 0) is 77.2 Å². The minimum atomic E-state index is -0.571. The molecule has 2 aromatic carbocycles. The van der Waals surface area contributed by atoms with Gasteiger partial charge in [0, 0.05) is 11.6 Å². The number of carbonyl (C=O) groups is 2. The van der Waals surface area contributed by atoms with Crippen LogP contribution >= 0.6 is 27.5 Å². The molecule has 0 radical (unpaired) electrons. The molecule has 32 heavy (non-hydrogen) atoms. The molecule has 1 N–H and O–H groups in total. The fourth-order valence-corrected chi connectivity index (χ4v) is 3.41. The summed E-state index contributed by atoms with van der Waals surface area (Å²) in [7, 11) is 0. The third-order valence-corrected chi connectivity index (χ3v) is 6.08. The molecule has 0 aromatic heterocycles. The fourth-order valence-electron chi connectivity index (χ4n) is 2.72. The summed E-state index contributed by atoms with van der Waals surface area (Å²) in [6, 6.07) is 10.1. The quantitative estimate of drug-likeness (QED) is 0.155. The van der Waals surface area contributed by atoms with Crippen LogP contribution in [0.4, 0.5) is 0 Å². The van der Waals surface area contributed by atoms with Crippen LogP contribution in [0.2, 0.25) is 5.02 Å². The Bertz CT molecular complexity index is 1060. The Morgan fingerprint density at radius 2 is 1.94 bits per heavy atom. The average Bonchev–Trinajstić information content (AvgIpc) is 2.78. The van der Waals surface area contributed by atoms with Gasteiger partial charge in [-0.1, -0.05) is 37.1 Å². The lowest BCUT2D eigenvalue weighted by molar-refractivity contribution is -0.136. The van der Waals surface area contributed by atoms with Crippen LogP contribution in [0.3, 0.4) is 0 Å². The SMILES string of the molecule is CCCCNC(=O)/C(C#N)=C/c1ccc(OC(=O)COc2cc(C)c(Cl)c(C)c2Br)cc1. The standard InChI is InChI=1S/C24H24BrClN2O4/c1-4-5-10-28-24(30)18(13-27)12-17-6-8-19(9-7-17)32-21(29)14-31-20-11-15(2)23(26)16(3)22(20)25/h6-9,11-12H,4-5,10,14H2,1-3H3,(H,28,30)/b18-12+. The van der Waals surface area contributed by atoms with Gasteiger partial charge in [-0.3, -0.25) is 4.79 Å². The maximum Gasteiger partial charge on any atom is 0.349 e. The van der Waals surface area contributed by atoms with E-state index >= 15 is 0 Å². The highest BCUT2D eigenvalue weighted by Gasteiger charge is 2.14. The lowest BCUT2D eigenvalue weighted by atomic mass is 10.1. The first kappa shape index (κ1) is 25.4. The average molecular weight is 520 g/mol. The van der Waals surface area contributed by atoms with E-state index in [2.05, 4.69) is 21.2 Å². The number of nitrogens with zero attached hydrogens (tertiary/aromatic N) is 1. The molecule has 8 heteroatoms. The number of rotatable bonds is 9. The molecule has 0 unspecified atom stereocenters. The van der Waals surface area contributed by atoms with Crippen LogP contribution in [0.1, 0.15) is 36.5 Å². The zero-order chi connectivity index (χ0) is 23.7. The van der Waals surface area contributed by atoms with Crippen molar-refractivity contribution < 1.29 is 19.1 Å². The molecular weight excluding hydrogens is 496 g/mol. The van der Waals surface area contributed by atoms with Crippen LogP contribution in [0.15, 0.2) is 40.4 Å². The Kier molecular flexibility index (Phi) is 9.76. The van der Waals surface area contributed by atoms with Gasteiger partial charge in [-0.2, -0.15) is 5.26 Å². The lowest BCUT2D eigenvalue weighted by Gasteiger charge is -2.13. The van der Waals surface area contributed by atoms with E-state index < -0.39 is 11.9 Å². The van der Waals surface area contributed by atoms with E-state index in [4.69, 9.17) is 21.1 Å². The second kappa shape index (κ2) is 12.3. The van der Waals surface area contributed by atoms with Crippen LogP contribution in [-0.4, -0.2) is 25.0 Å². The molecule has 0 heterocycles. The molecule has 2 aromatic rings. The lowest BCUT2D eigenvalue weighted by Crippen LogP contribution is -2.25. The first-order chi connectivity index (χ1) is 15.3. The van der Waals surface area contributed by atoms with E-state index in [1.165, 1.54) is 6.08 Å². The summed E-state index contributed by atoms with van der Waals surface area (Å²) in [5.74, 6) is -0.154. The fraction of sp³-hybridized carbons (Fsp3) is 0.292. The summed E-state index contributed by atoms with van der Waals surface area (Å²) >= 11 is 9.63. The number of nitriles is 1. The Balaban J connectivity index is 1.97. The highest BCUT2D eigenvalue weighted by Crippen LogP contribution is 2.35. The minimum Gasteiger partial charge on any atom is -0.481 e. The monoisotopic (exact) mass is 518 g/mol. The zero-order valence-electron chi connectivity index (χ0n) is 18.1. The molecule has 0 spiro atoms. The van der Waals surface area contributed by atoms with Gasteiger partial charge in [0.15, 0.2) is 6.61 Å². The van der Waals surface area contributed by atoms with Crippen molar-refractivity contribution in [3.05, 3.63) is 62.1 Å². The number of benzene rings is 2. The molecule has 0 aliphatic carbocycles. The second-order valence-electron chi connectivity index (χ2n) is 7.06. The van der Waals surface area contributed by atoms with Crippen molar-refractivity contribution in [3.63, 3.8) is 0 Å². The van der Waals surface area contributed by atoms with Gasteiger partial charge in [-0.25, -0.2) is 4.79 Å². The third-order valence-electron chi connectivity index (χ3n) is 4.52. The van der Waals surface area contributed by atoms with E-state index in [9.17, 15) is 14.9 Å². The van der Waals surface area contributed by atoms with Crippen molar-refractivity contribution in [1.29, 1.82) is 5.26 Å². The van der Waals surface area contributed by atoms with Crippen LogP contribution in [0, 0.1) is 25.2 Å². The molecule has 0 bridgehead atoms. The van der Waals surface area contributed by atoms with Gasteiger partial charge >= 0.3 is 5.97 Å². The van der Waals surface area contributed by atoms with Gasteiger partial charge < -0.3 is 14.8 Å². The molecule has 6 nitrogen and oxygen atoms in total. The molecule has 0 fully saturated rings. The number of carbonyl (C=O) groups excluding carboxylic acids is 2. The topological polar surface area (TPSA) is 88.4 Å². The Labute approximate surface area is 201 Å². The predicted octanol–water partition coefficient (Wildman–Crippen LogP) is 5.53. The summed E-state index contributed by atoms with van der Waals surface area (Å²) < 4.78 is 11.5. The number of halogens is 2. The van der Waals surface area contributed by atoms with Crippen LogP contribution in [0.25, 0.3) is 6.08 Å². The molecule has 0 aliphatic rings. The van der Waals surface area contributed by atoms with E-state index in [0.717, 1.165) is 24.0 Å². The predicted molar refractivity (Wildman–Crippen MR) is 128 cm³/mol. The van der Waals surface area contributed by atoms with Crippen molar-refractivity contribution in [2.75, 3.05) is 13.2 Å². The van der Waals surface area contributed by atoms with Crippen LogP contribution in [-0.2, 0) is 9.59 Å². The number of nitrogens with one attached hydrogen (secondary N) is 1. The Morgan fingerprint density at radius 1 is 1.25 bits per heavy atom. The summed E-state index contributed by atoms with van der Waals surface area (Å²) in [5, 5.41) is 12.6. The van der Waals surface area contributed by atoms with Crippen LogP contribution in [0.5, 0.6) is 11.5 Å². The normalized spacial score (nSPS) is 10.9. The molecule has 0 aliphatic heterocycles. The smallest absolute Gasteiger partial charge is 0.349 e. The minimum absolute atomic E-state index is 0.0124. The van der Waals surface area contributed by atoms with E-state index in [0.29, 0.717) is 33.1 Å². The van der Waals surface area contributed by atoms with Gasteiger partial charge in [0.05, 0.1) is 4.47 Å². The Hall–Kier alpha value is -2.82. The first-order valence-corrected chi connectivity index (χ1v) is 11.2. The highest BCUT2D eigenvalue weighted by molar-refractivity contribution is 9.10. The number of hydrogen-bond acceptors (Lipinski definition) is 5. The molecule has 1 amide bonds. The largest absolute Gasteiger partial charge is 0.481 e. The van der Waals surface area contributed by atoms with Gasteiger partial charge in [-0.15, -0.1) is 0 Å². The highest BCUT2D eigenvalue weighted by atomic mass is 79.9. The van der Waals surface area contributed by atoms with Crippen molar-refractivity contribution in [1.82, 2.24) is 5.32 Å². The molecule has 2 rings (SSSR count). The third kappa shape index (κ3) is 7.11. The van der Waals surface area contributed by atoms with Crippen molar-refractivity contribution in [3.8, 4) is 17.6 Å². The summed E-state index contributed by atoms with van der Waals surface area (Å²) in [4.78, 5) is 24.2. The number of amides is 1. The van der Waals surface area contributed by atoms with Gasteiger partial charge in [0.1, 0.15) is 23.1 Å². The molecule has 0 saturated heterocycles. The molecular formula is C24H24BrClN2O4. The summed E-state index contributed by atoms with van der Waals surface area (Å²) in [5.41, 5.74) is 2.32. The Morgan fingerprint density at radius 3 is 2.56 bits per heavy atom. The van der Waals surface area contributed by atoms with E-state index in [1.807, 2.05) is 26.8 Å². The van der Waals surface area contributed by atoms with E-state index in [-0.39, 0.29) is 12.2 Å². The number of esters is 1. The number of unbranched alkanes of at least 4 members (excludes halogenated alkanes) is 1. The zero-order valence-corrected chi connectivity index (χ0v) is 20.5. The second-order valence-corrected chi connectivity index (χ2v) is 8.23. The first-order valence-electron chi connectivity index (χ1n) is 10.1. The number of aryl methyl sites for hydroxylation is 1. The van der Waals surface area contributed by atoms with Gasteiger partial charge in [0.2, 0.25) is 0 Å². The van der Waals surface area contributed by atoms with Gasteiger partial charge in [0.25, 0.3) is 5.91 Å². The summed E-state index contributed by atoms with van der Waals surface area (Å²) in [6.45, 7) is 5.98. The maximum atomic E-state index is 12.2. The molecule has 0 atom stereocenters. The number of ether oxygens (including phenoxy) is 2. The molecule has 168 valence electrons. The molecule has 0 saturated carbocycles. The van der Waals surface area contributed by atoms with Crippen molar-refractivity contribution in [2.24, 2.45) is 0 Å². The van der Waals surface area contributed by atoms with E-state index in [1.54, 1.807) is 30.3 Å².